The number of hydrogen-bond donors (Lipinski definition) is 5. The van der Waals surface area contributed by atoms with Gasteiger partial charge in [-0.3, -0.25) is 9.09 Å². The van der Waals surface area contributed by atoms with E-state index >= 15 is 0 Å². The summed E-state index contributed by atoms with van der Waals surface area (Å²) >= 11 is 0. The van der Waals surface area contributed by atoms with Gasteiger partial charge >= 0.3 is 23.5 Å². The van der Waals surface area contributed by atoms with Gasteiger partial charge in [-0.2, -0.15) is 8.62 Å². The Bertz CT molecular complexity index is 1120. The molecule has 0 radical (unpaired) electrons. The second-order valence-corrected chi connectivity index (χ2v) is 10.4. The van der Waals surface area contributed by atoms with Crippen LogP contribution in [-0.4, -0.2) is 57.8 Å². The Labute approximate surface area is 172 Å². The van der Waals surface area contributed by atoms with Gasteiger partial charge in [0.05, 0.1) is 19.0 Å². The number of fused-ring (bicyclic) bond motifs is 1. The lowest BCUT2D eigenvalue weighted by Gasteiger charge is -2.20. The summed E-state index contributed by atoms with van der Waals surface area (Å²) in [6.07, 6.45) is 0.646. The van der Waals surface area contributed by atoms with Gasteiger partial charge in [0.1, 0.15) is 24.2 Å². The molecule has 6 N–H and O–H groups in total. The molecule has 31 heavy (non-hydrogen) atoms. The van der Waals surface area contributed by atoms with Crippen molar-refractivity contribution in [2.24, 2.45) is 5.11 Å². The highest BCUT2D eigenvalue weighted by Gasteiger charge is 2.42. The number of nitrogens with two attached hydrogens (primary N) is 1. The van der Waals surface area contributed by atoms with Crippen molar-refractivity contribution >= 4 is 40.4 Å². The molecule has 21 heteroatoms. The zero-order valence-electron chi connectivity index (χ0n) is 15.0. The van der Waals surface area contributed by atoms with Gasteiger partial charge in [0, 0.05) is 6.42 Å². The molecule has 0 aromatic carbocycles. The maximum atomic E-state index is 11.8. The minimum Gasteiger partial charge on any atom is -0.712 e. The van der Waals surface area contributed by atoms with Gasteiger partial charge in [-0.25, -0.2) is 28.6 Å². The summed E-state index contributed by atoms with van der Waals surface area (Å²) in [4.78, 5) is 47.6. The molecule has 1 aliphatic rings. The number of ether oxygens (including phenoxy) is 1. The van der Waals surface area contributed by atoms with Crippen LogP contribution in [0.1, 0.15) is 12.6 Å². The molecule has 5 unspecified atom stereocenters. The average molecular weight is 502 g/mol. The van der Waals surface area contributed by atoms with E-state index in [1.54, 1.807) is 0 Å². The first-order valence-corrected chi connectivity index (χ1v) is 12.5. The van der Waals surface area contributed by atoms with Crippen LogP contribution in [0.25, 0.3) is 16.7 Å². The van der Waals surface area contributed by atoms with E-state index in [0.29, 0.717) is 11.2 Å². The number of hydrogen-bond acceptors (Lipinski definition) is 12. The first-order chi connectivity index (χ1) is 14.3. The summed E-state index contributed by atoms with van der Waals surface area (Å²) < 4.78 is 52.7. The molecule has 0 saturated carbocycles. The number of imidazole rings is 1. The van der Waals surface area contributed by atoms with E-state index in [9.17, 15) is 24.1 Å². The van der Waals surface area contributed by atoms with Crippen molar-refractivity contribution in [2.75, 3.05) is 12.3 Å². The number of anilines is 1. The molecule has 0 aliphatic carbocycles. The lowest BCUT2D eigenvalue weighted by Crippen LogP contribution is -2.24. The molecule has 3 rings (SSSR count). The van der Waals surface area contributed by atoms with Crippen LogP contribution >= 0.6 is 23.5 Å². The molecule has 1 aliphatic heterocycles. The Morgan fingerprint density at radius 1 is 1.19 bits per heavy atom. The smallest absolute Gasteiger partial charge is 0.490 e. The van der Waals surface area contributed by atoms with Crippen LogP contribution in [0.3, 0.4) is 0 Å². The van der Waals surface area contributed by atoms with Crippen molar-refractivity contribution < 1.29 is 51.2 Å². The Kier molecular flexibility index (Phi) is 6.72. The third kappa shape index (κ3) is 5.97. The largest absolute Gasteiger partial charge is 0.712 e. The predicted octanol–water partition coefficient (Wildman–Crippen LogP) is 0.429. The summed E-state index contributed by atoms with van der Waals surface area (Å²) in [5.41, 5.74) is 15.5. The summed E-state index contributed by atoms with van der Waals surface area (Å²) in [7, 11) is -16.5. The van der Waals surface area contributed by atoms with Crippen molar-refractivity contribution in [3.05, 3.63) is 18.2 Å². The van der Waals surface area contributed by atoms with E-state index < -0.39 is 48.4 Å². The minimum atomic E-state index is -5.66. The van der Waals surface area contributed by atoms with Gasteiger partial charge in [-0.05, 0) is 0 Å². The summed E-state index contributed by atoms with van der Waals surface area (Å²) in [5, 5.41) is 3.11. The SMILES string of the molecule is [N-]=NC1CC(n2cnc3c(N)ncnc32)OC1COP(=O)(O)OP(=O)(O)OP(=O)(O)O. The Morgan fingerprint density at radius 2 is 1.90 bits per heavy atom. The van der Waals surface area contributed by atoms with Crippen LogP contribution in [0.2, 0.25) is 0 Å². The molecule has 0 amide bonds. The van der Waals surface area contributed by atoms with Crippen LogP contribution in [0, 0.1) is 0 Å². The zero-order valence-corrected chi connectivity index (χ0v) is 17.7. The van der Waals surface area contributed by atoms with E-state index in [0.717, 1.165) is 0 Å². The Morgan fingerprint density at radius 3 is 2.55 bits per heavy atom. The fourth-order valence-corrected chi connectivity index (χ4v) is 5.74. The molecule has 0 bridgehead atoms. The van der Waals surface area contributed by atoms with Crippen LogP contribution in [0.5, 0.6) is 0 Å². The second kappa shape index (κ2) is 8.69. The van der Waals surface area contributed by atoms with Crippen LogP contribution < -0.4 is 5.73 Å². The molecule has 18 nitrogen and oxygen atoms in total. The van der Waals surface area contributed by atoms with Crippen molar-refractivity contribution in [1.29, 1.82) is 0 Å². The van der Waals surface area contributed by atoms with E-state index in [1.807, 2.05) is 0 Å². The van der Waals surface area contributed by atoms with Crippen molar-refractivity contribution in [3.8, 4) is 0 Å². The van der Waals surface area contributed by atoms with E-state index in [1.165, 1.54) is 17.2 Å². The highest BCUT2D eigenvalue weighted by molar-refractivity contribution is 7.66. The van der Waals surface area contributed by atoms with Crippen molar-refractivity contribution in [1.82, 2.24) is 19.5 Å². The van der Waals surface area contributed by atoms with Crippen molar-refractivity contribution in [3.63, 3.8) is 0 Å². The highest BCUT2D eigenvalue weighted by atomic mass is 31.3. The normalized spacial score (nSPS) is 25.9. The topological polar surface area (TPSA) is 273 Å². The monoisotopic (exact) mass is 502 g/mol. The maximum absolute atomic E-state index is 11.8. The maximum Gasteiger partial charge on any atom is 0.490 e. The molecule has 3 heterocycles. The van der Waals surface area contributed by atoms with Crippen LogP contribution in [-0.2, 0) is 31.6 Å². The number of nitrogen functional groups attached to an aromatic ring is 1. The first-order valence-electron chi connectivity index (χ1n) is 8.01. The van der Waals surface area contributed by atoms with Gasteiger partial charge < -0.3 is 40.7 Å². The van der Waals surface area contributed by atoms with E-state index in [2.05, 4.69) is 33.2 Å². The first kappa shape index (κ1) is 24.0. The molecule has 2 aromatic heterocycles. The summed E-state index contributed by atoms with van der Waals surface area (Å²) in [5.74, 6) is 0.120. The lowest BCUT2D eigenvalue weighted by atomic mass is 10.1. The number of aromatic nitrogens is 4. The molecule has 5 atom stereocenters. The molecule has 2 aromatic rings. The molecule has 0 spiro atoms. The van der Waals surface area contributed by atoms with E-state index in [-0.39, 0.29) is 12.2 Å². The summed E-state index contributed by atoms with van der Waals surface area (Å²) in [6.45, 7) is -0.779. The van der Waals surface area contributed by atoms with E-state index in [4.69, 9.17) is 25.2 Å². The number of phosphoric acid groups is 3. The quantitative estimate of drug-likeness (QED) is 0.230. The van der Waals surface area contributed by atoms with Gasteiger partial charge in [-0.15, -0.1) is 0 Å². The molecule has 1 saturated heterocycles. The fraction of sp³-hybridized carbons (Fsp3) is 0.500. The van der Waals surface area contributed by atoms with Gasteiger partial charge in [0.25, 0.3) is 0 Å². The van der Waals surface area contributed by atoms with Crippen LogP contribution in [0.4, 0.5) is 5.82 Å². The fourth-order valence-electron chi connectivity index (χ4n) is 2.71. The van der Waals surface area contributed by atoms with Gasteiger partial charge in [0.2, 0.25) is 0 Å². The minimum absolute atomic E-state index is 0.0519. The zero-order chi connectivity index (χ0) is 23.0. The molecule has 172 valence electrons. The highest BCUT2D eigenvalue weighted by Crippen LogP contribution is 2.66. The van der Waals surface area contributed by atoms with Gasteiger partial charge in [0.15, 0.2) is 11.5 Å². The van der Waals surface area contributed by atoms with Gasteiger partial charge in [-0.1, -0.05) is 0 Å². The average Bonchev–Trinajstić information content (AvgIpc) is 3.21. The number of nitrogens with zero attached hydrogens (tertiary/aromatic N) is 6. The van der Waals surface area contributed by atoms with Crippen LogP contribution in [0.15, 0.2) is 17.8 Å². The number of rotatable bonds is 9. The van der Waals surface area contributed by atoms with Crippen molar-refractivity contribution in [2.45, 2.75) is 24.8 Å². The third-order valence-electron chi connectivity index (χ3n) is 3.87. The Hall–Kier alpha value is -1.68. The Balaban J connectivity index is 1.68. The summed E-state index contributed by atoms with van der Waals surface area (Å²) in [6, 6.07) is -0.964. The standard InChI is InChI=1S/C10H15N7O11P3/c11-9-8-10(14-3-13-9)17(4-15-8)7-1-5(16-12)6(26-7)2-25-30(21,22)28-31(23,24)27-29(18,19)20/h3-7H,1-2H2,(H,21,22)(H,23,24)(H2,11,13,14)(H2,18,19,20)/q-1. The number of phosphoric ester groups is 1. The molecular weight excluding hydrogens is 487 g/mol. The third-order valence-corrected chi connectivity index (χ3v) is 7.67. The molecule has 1 fully saturated rings. The molecular formula is C10H15N7O11P3-. The lowest BCUT2D eigenvalue weighted by molar-refractivity contribution is -0.0229. The second-order valence-electron chi connectivity index (χ2n) is 6.02. The predicted molar refractivity (Wildman–Crippen MR) is 97.7 cm³/mol.